The number of aryl methyl sites for hydroxylation is 1. The molecule has 0 atom stereocenters. The average Bonchev–Trinajstić information content (AvgIpc) is 2.97. The van der Waals surface area contributed by atoms with Crippen molar-refractivity contribution in [3.63, 3.8) is 0 Å². The molecule has 3 rings (SSSR count). The van der Waals surface area contributed by atoms with Crippen molar-refractivity contribution in [3.05, 3.63) is 35.2 Å². The predicted molar refractivity (Wildman–Crippen MR) is 88.3 cm³/mol. The Hall–Kier alpha value is -2.14. The first-order chi connectivity index (χ1) is 10.2. The van der Waals surface area contributed by atoms with Crippen molar-refractivity contribution in [2.24, 2.45) is 0 Å². The molecule has 0 bridgehead atoms. The van der Waals surface area contributed by atoms with E-state index in [1.54, 1.807) is 18.4 Å². The fraction of sp³-hybridized carbons (Fsp3) is 0.250. The van der Waals surface area contributed by atoms with Crippen LogP contribution in [0.4, 0.5) is 5.82 Å². The lowest BCUT2D eigenvalue weighted by Crippen LogP contribution is -2.02. The molecule has 108 valence electrons. The van der Waals surface area contributed by atoms with Crippen molar-refractivity contribution in [2.75, 3.05) is 19.0 Å². The molecule has 0 saturated carbocycles. The van der Waals surface area contributed by atoms with E-state index in [2.05, 4.69) is 41.3 Å². The third-order valence-corrected chi connectivity index (χ3v) is 4.13. The number of rotatable bonds is 4. The zero-order valence-electron chi connectivity index (χ0n) is 12.3. The number of thiophene rings is 1. The lowest BCUT2D eigenvalue weighted by molar-refractivity contribution is 0.417. The first-order valence-electron chi connectivity index (χ1n) is 6.86. The topological polar surface area (TPSA) is 47.0 Å². The van der Waals surface area contributed by atoms with Gasteiger partial charge in [-0.25, -0.2) is 9.97 Å². The molecule has 0 aliphatic carbocycles. The second kappa shape index (κ2) is 5.69. The van der Waals surface area contributed by atoms with Gasteiger partial charge in [0.1, 0.15) is 11.6 Å². The van der Waals surface area contributed by atoms with Crippen molar-refractivity contribution in [3.8, 4) is 16.5 Å². The van der Waals surface area contributed by atoms with Gasteiger partial charge in [-0.2, -0.15) is 0 Å². The zero-order chi connectivity index (χ0) is 14.8. The van der Waals surface area contributed by atoms with E-state index in [-0.39, 0.29) is 0 Å². The van der Waals surface area contributed by atoms with E-state index in [1.165, 1.54) is 5.56 Å². The molecule has 0 fully saturated rings. The summed E-state index contributed by atoms with van der Waals surface area (Å²) in [6.07, 6.45) is 0. The quantitative estimate of drug-likeness (QED) is 0.787. The van der Waals surface area contributed by atoms with E-state index < -0.39 is 0 Å². The molecule has 0 unspecified atom stereocenters. The molecule has 2 aromatic heterocycles. The monoisotopic (exact) mass is 299 g/mol. The Labute approximate surface area is 127 Å². The first-order valence-corrected chi connectivity index (χ1v) is 7.74. The highest BCUT2D eigenvalue weighted by Crippen LogP contribution is 2.31. The normalized spacial score (nSPS) is 10.8. The van der Waals surface area contributed by atoms with Gasteiger partial charge in [0.25, 0.3) is 0 Å². The number of ether oxygens (including phenoxy) is 1. The molecule has 21 heavy (non-hydrogen) atoms. The van der Waals surface area contributed by atoms with Gasteiger partial charge in [0.2, 0.25) is 0 Å². The SMILES string of the molecule is CCNc1nc(-c2cc(OC)cs2)nc2ccc(C)cc12. The van der Waals surface area contributed by atoms with Crippen LogP contribution in [0.2, 0.25) is 0 Å². The molecule has 0 amide bonds. The molecule has 0 aliphatic heterocycles. The highest BCUT2D eigenvalue weighted by Gasteiger charge is 2.11. The highest BCUT2D eigenvalue weighted by atomic mass is 32.1. The van der Waals surface area contributed by atoms with E-state index in [0.717, 1.165) is 39.7 Å². The Bertz CT molecular complexity index is 782. The third-order valence-electron chi connectivity index (χ3n) is 3.23. The number of hydrogen-bond donors (Lipinski definition) is 1. The molecule has 0 spiro atoms. The number of aromatic nitrogens is 2. The molecule has 0 radical (unpaired) electrons. The summed E-state index contributed by atoms with van der Waals surface area (Å²) in [7, 11) is 1.67. The molecule has 4 nitrogen and oxygen atoms in total. The molecule has 0 aliphatic rings. The summed E-state index contributed by atoms with van der Waals surface area (Å²) in [6.45, 7) is 4.97. The lowest BCUT2D eigenvalue weighted by Gasteiger charge is -2.09. The second-order valence-corrected chi connectivity index (χ2v) is 5.71. The molecule has 0 saturated heterocycles. The van der Waals surface area contributed by atoms with Crippen molar-refractivity contribution in [1.82, 2.24) is 9.97 Å². The Kier molecular flexibility index (Phi) is 3.75. The first kappa shape index (κ1) is 13.8. The van der Waals surface area contributed by atoms with E-state index in [1.807, 2.05) is 17.5 Å². The smallest absolute Gasteiger partial charge is 0.172 e. The highest BCUT2D eigenvalue weighted by molar-refractivity contribution is 7.13. The maximum Gasteiger partial charge on any atom is 0.172 e. The summed E-state index contributed by atoms with van der Waals surface area (Å²) < 4.78 is 5.24. The van der Waals surface area contributed by atoms with Gasteiger partial charge in [-0.3, -0.25) is 0 Å². The minimum Gasteiger partial charge on any atom is -0.496 e. The summed E-state index contributed by atoms with van der Waals surface area (Å²) in [5.41, 5.74) is 2.16. The Morgan fingerprint density at radius 1 is 1.24 bits per heavy atom. The summed E-state index contributed by atoms with van der Waals surface area (Å²) in [5, 5.41) is 6.35. The molecule has 2 heterocycles. The molecule has 3 aromatic rings. The minimum absolute atomic E-state index is 0.732. The summed E-state index contributed by atoms with van der Waals surface area (Å²) in [4.78, 5) is 10.4. The van der Waals surface area contributed by atoms with Crippen LogP contribution in [-0.4, -0.2) is 23.6 Å². The van der Waals surface area contributed by atoms with Crippen LogP contribution in [0.25, 0.3) is 21.6 Å². The van der Waals surface area contributed by atoms with Crippen LogP contribution >= 0.6 is 11.3 Å². The van der Waals surface area contributed by atoms with Gasteiger partial charge in [-0.15, -0.1) is 11.3 Å². The Morgan fingerprint density at radius 3 is 2.81 bits per heavy atom. The van der Waals surface area contributed by atoms with Crippen molar-refractivity contribution in [1.29, 1.82) is 0 Å². The van der Waals surface area contributed by atoms with Crippen molar-refractivity contribution in [2.45, 2.75) is 13.8 Å². The van der Waals surface area contributed by atoms with Gasteiger partial charge in [-0.05, 0) is 26.0 Å². The van der Waals surface area contributed by atoms with Crippen LogP contribution in [-0.2, 0) is 0 Å². The summed E-state index contributed by atoms with van der Waals surface area (Å²) in [5.74, 6) is 2.46. The number of nitrogens with zero attached hydrogens (tertiary/aromatic N) is 2. The predicted octanol–water partition coefficient (Wildman–Crippen LogP) is 4.11. The van der Waals surface area contributed by atoms with Gasteiger partial charge < -0.3 is 10.1 Å². The lowest BCUT2D eigenvalue weighted by atomic mass is 10.1. The summed E-state index contributed by atoms with van der Waals surface area (Å²) in [6, 6.07) is 8.20. The maximum absolute atomic E-state index is 5.24. The molecular formula is C16H17N3OS. The largest absolute Gasteiger partial charge is 0.496 e. The number of hydrogen-bond acceptors (Lipinski definition) is 5. The zero-order valence-corrected chi connectivity index (χ0v) is 13.1. The van der Waals surface area contributed by atoms with Crippen LogP contribution in [0.1, 0.15) is 12.5 Å². The second-order valence-electron chi connectivity index (χ2n) is 4.80. The van der Waals surface area contributed by atoms with E-state index in [4.69, 9.17) is 4.74 Å². The fourth-order valence-electron chi connectivity index (χ4n) is 2.20. The van der Waals surface area contributed by atoms with Crippen LogP contribution in [0.5, 0.6) is 5.75 Å². The summed E-state index contributed by atoms with van der Waals surface area (Å²) >= 11 is 1.59. The van der Waals surface area contributed by atoms with Crippen LogP contribution < -0.4 is 10.1 Å². The van der Waals surface area contributed by atoms with E-state index in [9.17, 15) is 0 Å². The van der Waals surface area contributed by atoms with Crippen molar-refractivity contribution >= 4 is 28.1 Å². The van der Waals surface area contributed by atoms with Crippen molar-refractivity contribution < 1.29 is 4.74 Å². The van der Waals surface area contributed by atoms with Gasteiger partial charge in [0, 0.05) is 23.4 Å². The molecule has 1 aromatic carbocycles. The maximum atomic E-state index is 5.24. The standard InChI is InChI=1S/C16H17N3OS/c1-4-17-15-12-7-10(2)5-6-13(12)18-16(19-15)14-8-11(20-3)9-21-14/h5-9H,4H2,1-3H3,(H,17,18,19). The third kappa shape index (κ3) is 2.69. The number of benzene rings is 1. The van der Waals surface area contributed by atoms with E-state index >= 15 is 0 Å². The van der Waals surface area contributed by atoms with E-state index in [0.29, 0.717) is 0 Å². The fourth-order valence-corrected chi connectivity index (χ4v) is 2.99. The number of nitrogens with one attached hydrogen (secondary N) is 1. The molecule has 5 heteroatoms. The minimum atomic E-state index is 0.732. The molecule has 1 N–H and O–H groups in total. The molecular weight excluding hydrogens is 282 g/mol. The van der Waals surface area contributed by atoms with Crippen LogP contribution in [0.15, 0.2) is 29.6 Å². The Balaban J connectivity index is 2.17. The van der Waals surface area contributed by atoms with Gasteiger partial charge >= 0.3 is 0 Å². The number of fused-ring (bicyclic) bond motifs is 1. The average molecular weight is 299 g/mol. The van der Waals surface area contributed by atoms with Gasteiger partial charge in [-0.1, -0.05) is 11.6 Å². The van der Waals surface area contributed by atoms with Crippen LogP contribution in [0.3, 0.4) is 0 Å². The van der Waals surface area contributed by atoms with Gasteiger partial charge in [0.05, 0.1) is 17.5 Å². The Morgan fingerprint density at radius 2 is 2.10 bits per heavy atom. The number of methoxy groups -OCH3 is 1. The number of anilines is 1. The van der Waals surface area contributed by atoms with Gasteiger partial charge in [0.15, 0.2) is 5.82 Å². The van der Waals surface area contributed by atoms with Crippen LogP contribution in [0, 0.1) is 6.92 Å².